The molecule has 0 saturated carbocycles. The van der Waals surface area contributed by atoms with Gasteiger partial charge in [-0.1, -0.05) is 44.2 Å². The Labute approximate surface area is 175 Å². The number of nitrogens with zero attached hydrogens (tertiary/aromatic N) is 1. The lowest BCUT2D eigenvalue weighted by Crippen LogP contribution is -2.34. The number of nitrogen functional groups attached to an aromatic ring is 1. The molecule has 1 aliphatic carbocycles. The van der Waals surface area contributed by atoms with Crippen LogP contribution in [0.25, 0.3) is 21.8 Å². The van der Waals surface area contributed by atoms with Gasteiger partial charge in [0.25, 0.3) is 0 Å². The van der Waals surface area contributed by atoms with Gasteiger partial charge in [-0.2, -0.15) is 0 Å². The van der Waals surface area contributed by atoms with E-state index in [0.717, 1.165) is 58.5 Å². The number of hydrogen-bond donors (Lipinski definition) is 3. The van der Waals surface area contributed by atoms with Crippen LogP contribution in [0.5, 0.6) is 0 Å². The summed E-state index contributed by atoms with van der Waals surface area (Å²) in [7, 11) is 0. The van der Waals surface area contributed by atoms with E-state index in [9.17, 15) is 4.79 Å². The van der Waals surface area contributed by atoms with Gasteiger partial charge < -0.3 is 16.0 Å². The number of hydrogen-bond acceptors (Lipinski definition) is 3. The molecule has 30 heavy (non-hydrogen) atoms. The Kier molecular flexibility index (Phi) is 4.28. The van der Waals surface area contributed by atoms with Gasteiger partial charge >= 0.3 is 0 Å². The number of rotatable bonds is 4. The summed E-state index contributed by atoms with van der Waals surface area (Å²) in [5, 5.41) is 5.43. The van der Waals surface area contributed by atoms with Crippen molar-refractivity contribution in [3.8, 4) is 0 Å². The van der Waals surface area contributed by atoms with Crippen LogP contribution in [0.1, 0.15) is 48.8 Å². The van der Waals surface area contributed by atoms with Crippen LogP contribution in [0.3, 0.4) is 0 Å². The first kappa shape index (κ1) is 18.7. The zero-order chi connectivity index (χ0) is 20.9. The summed E-state index contributed by atoms with van der Waals surface area (Å²) in [6.07, 6.45) is 3.30. The third-order valence-electron chi connectivity index (χ3n) is 6.19. The molecule has 1 amide bonds. The molecule has 4 N–H and O–H groups in total. The van der Waals surface area contributed by atoms with Gasteiger partial charge in [0.2, 0.25) is 6.41 Å². The molecule has 1 aliphatic rings. The molecular formula is C25H26N4O. The molecule has 0 saturated heterocycles. The second-order valence-electron chi connectivity index (χ2n) is 9.14. The van der Waals surface area contributed by atoms with Crippen molar-refractivity contribution in [2.45, 2.75) is 39.2 Å². The smallest absolute Gasteiger partial charge is 0.207 e. The van der Waals surface area contributed by atoms with Gasteiger partial charge in [-0.15, -0.1) is 0 Å². The first-order valence-electron chi connectivity index (χ1n) is 10.4. The second-order valence-corrected chi connectivity index (χ2v) is 9.14. The van der Waals surface area contributed by atoms with Crippen molar-refractivity contribution in [1.29, 1.82) is 0 Å². The number of fused-ring (bicyclic) bond motifs is 5. The fourth-order valence-corrected chi connectivity index (χ4v) is 5.00. The molecule has 4 aromatic rings. The Bertz CT molecular complexity index is 1270. The van der Waals surface area contributed by atoms with Crippen molar-refractivity contribution >= 4 is 33.9 Å². The molecule has 0 fully saturated rings. The number of H-pyrrole nitrogens is 1. The summed E-state index contributed by atoms with van der Waals surface area (Å²) < 4.78 is 0. The van der Waals surface area contributed by atoms with Crippen LogP contribution in [0, 0.1) is 5.41 Å². The summed E-state index contributed by atoms with van der Waals surface area (Å²) in [4.78, 5) is 20.2. The molecule has 5 heteroatoms. The van der Waals surface area contributed by atoms with Gasteiger partial charge in [-0.3, -0.25) is 9.78 Å². The van der Waals surface area contributed by atoms with Crippen LogP contribution < -0.4 is 11.1 Å². The van der Waals surface area contributed by atoms with Crippen LogP contribution >= 0.6 is 0 Å². The van der Waals surface area contributed by atoms with Crippen LogP contribution in [0.15, 0.2) is 48.5 Å². The van der Waals surface area contributed by atoms with E-state index >= 15 is 0 Å². The molecular weight excluding hydrogens is 372 g/mol. The number of para-hydroxylation sites is 1. The van der Waals surface area contributed by atoms with Gasteiger partial charge in [0, 0.05) is 39.7 Å². The van der Waals surface area contributed by atoms with Crippen LogP contribution in [-0.4, -0.2) is 16.4 Å². The minimum atomic E-state index is -0.0446. The summed E-state index contributed by atoms with van der Waals surface area (Å²) in [5.74, 6) is 0. The molecule has 152 valence electrons. The number of anilines is 1. The number of aromatic amines is 1. The van der Waals surface area contributed by atoms with Gasteiger partial charge in [-0.05, 0) is 42.0 Å². The first-order valence-corrected chi connectivity index (χ1v) is 10.4. The Balaban J connectivity index is 1.80. The Morgan fingerprint density at radius 1 is 1.23 bits per heavy atom. The summed E-state index contributed by atoms with van der Waals surface area (Å²) >= 11 is 0. The largest absolute Gasteiger partial charge is 0.399 e. The molecule has 0 radical (unpaired) electrons. The van der Waals surface area contributed by atoms with Crippen LogP contribution in [0.4, 0.5) is 5.69 Å². The highest BCUT2D eigenvalue weighted by Crippen LogP contribution is 2.45. The molecule has 2 aromatic carbocycles. The van der Waals surface area contributed by atoms with Gasteiger partial charge in [0.15, 0.2) is 0 Å². The maximum Gasteiger partial charge on any atom is 0.207 e. The molecule has 2 aromatic heterocycles. The van der Waals surface area contributed by atoms with Crippen LogP contribution in [0.2, 0.25) is 0 Å². The lowest BCUT2D eigenvalue weighted by Gasteiger charge is -2.37. The van der Waals surface area contributed by atoms with E-state index < -0.39 is 0 Å². The lowest BCUT2D eigenvalue weighted by atomic mass is 9.72. The summed E-state index contributed by atoms with van der Waals surface area (Å²) in [5.41, 5.74) is 13.4. The van der Waals surface area contributed by atoms with Crippen molar-refractivity contribution < 1.29 is 4.79 Å². The highest BCUT2D eigenvalue weighted by molar-refractivity contribution is 6.10. The van der Waals surface area contributed by atoms with Gasteiger partial charge in [-0.25, -0.2) is 0 Å². The fourth-order valence-electron chi connectivity index (χ4n) is 5.00. The number of aromatic nitrogens is 2. The van der Waals surface area contributed by atoms with Gasteiger partial charge in [0.1, 0.15) is 0 Å². The normalized spacial score (nSPS) is 17.7. The zero-order valence-corrected chi connectivity index (χ0v) is 17.3. The number of pyridine rings is 1. The number of benzene rings is 2. The van der Waals surface area contributed by atoms with Crippen molar-refractivity contribution in [2.24, 2.45) is 5.41 Å². The van der Waals surface area contributed by atoms with Gasteiger partial charge in [0.05, 0.1) is 17.3 Å². The van der Waals surface area contributed by atoms with Crippen molar-refractivity contribution in [3.05, 3.63) is 71.0 Å². The highest BCUT2D eigenvalue weighted by Gasteiger charge is 2.35. The fraction of sp³-hybridized carbons (Fsp3) is 0.280. The molecule has 2 heterocycles. The maximum atomic E-state index is 11.4. The minimum Gasteiger partial charge on any atom is -0.399 e. The molecule has 1 atom stereocenters. The number of amides is 1. The molecule has 0 spiro atoms. The van der Waals surface area contributed by atoms with Crippen molar-refractivity contribution in [3.63, 3.8) is 0 Å². The average Bonchev–Trinajstić information content (AvgIpc) is 3.07. The predicted molar refractivity (Wildman–Crippen MR) is 121 cm³/mol. The highest BCUT2D eigenvalue weighted by atomic mass is 16.1. The molecule has 0 bridgehead atoms. The van der Waals surface area contributed by atoms with E-state index in [-0.39, 0.29) is 11.5 Å². The number of carbonyl (C=O) groups is 1. The summed E-state index contributed by atoms with van der Waals surface area (Å²) in [6, 6.07) is 16.3. The monoisotopic (exact) mass is 398 g/mol. The van der Waals surface area contributed by atoms with E-state index in [1.54, 1.807) is 0 Å². The Morgan fingerprint density at radius 3 is 2.87 bits per heavy atom. The van der Waals surface area contributed by atoms with E-state index in [0.29, 0.717) is 6.42 Å². The third kappa shape index (κ3) is 3.11. The Morgan fingerprint density at radius 2 is 2.07 bits per heavy atom. The SMILES string of the molecule is CC1(C)Cc2nc(Cc3cccc(N)c3)c3[nH]c4ccccc4c3c2C(NC=O)C1. The lowest BCUT2D eigenvalue weighted by molar-refractivity contribution is -0.110. The predicted octanol–water partition coefficient (Wildman–Crippen LogP) is 4.65. The first-order chi connectivity index (χ1) is 14.4. The number of nitrogens with two attached hydrogens (primary N) is 1. The minimum absolute atomic E-state index is 0.0446. The van der Waals surface area contributed by atoms with E-state index in [1.165, 1.54) is 10.8 Å². The number of carbonyl (C=O) groups excluding carboxylic acids is 1. The van der Waals surface area contributed by atoms with E-state index in [1.807, 2.05) is 24.3 Å². The third-order valence-corrected chi connectivity index (χ3v) is 6.19. The molecule has 1 unspecified atom stereocenters. The van der Waals surface area contributed by atoms with Crippen molar-refractivity contribution in [2.75, 3.05) is 5.73 Å². The van der Waals surface area contributed by atoms with Crippen LogP contribution in [-0.2, 0) is 17.6 Å². The maximum absolute atomic E-state index is 11.4. The standard InChI is InChI=1S/C25H26N4O/c1-25(2)12-20(27-14-30)23-21(13-25)28-19(11-15-6-5-7-16(26)10-15)24-22(23)17-8-3-4-9-18(17)29-24/h3-10,14,20,29H,11-13,26H2,1-2H3,(H,27,30). The topological polar surface area (TPSA) is 83.8 Å². The second kappa shape index (κ2) is 6.87. The molecule has 0 aliphatic heterocycles. The van der Waals surface area contributed by atoms with E-state index in [4.69, 9.17) is 10.7 Å². The van der Waals surface area contributed by atoms with Crippen molar-refractivity contribution in [1.82, 2.24) is 15.3 Å². The van der Waals surface area contributed by atoms with E-state index in [2.05, 4.69) is 48.4 Å². The molecule has 5 nitrogen and oxygen atoms in total. The number of nitrogens with one attached hydrogen (secondary N) is 2. The average molecular weight is 399 g/mol. The summed E-state index contributed by atoms with van der Waals surface area (Å²) in [6.45, 7) is 4.49. The quantitative estimate of drug-likeness (QED) is 0.346. The molecule has 5 rings (SSSR count). The Hall–Kier alpha value is -3.34. The zero-order valence-electron chi connectivity index (χ0n) is 17.3.